The van der Waals surface area contributed by atoms with E-state index < -0.39 is 23.0 Å². The van der Waals surface area contributed by atoms with Crippen molar-refractivity contribution in [3.8, 4) is 5.75 Å². The highest BCUT2D eigenvalue weighted by molar-refractivity contribution is 6.14. The maximum atomic E-state index is 13.7. The number of benzene rings is 2. The van der Waals surface area contributed by atoms with Crippen LogP contribution in [0.3, 0.4) is 0 Å². The second-order valence-corrected chi connectivity index (χ2v) is 8.76. The fourth-order valence-electron chi connectivity index (χ4n) is 5.28. The Morgan fingerprint density at radius 1 is 1.22 bits per heavy atom. The third-order valence-electron chi connectivity index (χ3n) is 6.85. The zero-order valence-corrected chi connectivity index (χ0v) is 19.0. The van der Waals surface area contributed by atoms with Crippen LogP contribution in [0.4, 0.5) is 10.5 Å². The van der Waals surface area contributed by atoms with E-state index in [0.29, 0.717) is 37.1 Å². The van der Waals surface area contributed by atoms with Gasteiger partial charge in [-0.15, -0.1) is 0 Å². The summed E-state index contributed by atoms with van der Waals surface area (Å²) >= 11 is 0. The molecule has 1 aliphatic heterocycles. The van der Waals surface area contributed by atoms with Crippen molar-refractivity contribution in [1.82, 2.24) is 5.32 Å². The van der Waals surface area contributed by atoms with Crippen LogP contribution >= 0.6 is 0 Å². The van der Waals surface area contributed by atoms with Crippen LogP contribution in [0.25, 0.3) is 0 Å². The number of hydrogen-bond acceptors (Lipinski definition) is 5. The lowest BCUT2D eigenvalue weighted by Gasteiger charge is -2.55. The van der Waals surface area contributed by atoms with Crippen molar-refractivity contribution in [3.63, 3.8) is 0 Å². The molecule has 3 amide bonds. The van der Waals surface area contributed by atoms with Crippen molar-refractivity contribution in [1.29, 1.82) is 0 Å². The van der Waals surface area contributed by atoms with E-state index in [2.05, 4.69) is 5.32 Å². The zero-order chi connectivity index (χ0) is 23.5. The SMILES string of the molecule is CCCC1(O)C(C)NCCC1(CC(=O)N(C(N)=O)c1ccccc1)c1cc(O)ccc1C. The van der Waals surface area contributed by atoms with E-state index in [1.54, 1.807) is 48.5 Å². The number of phenols is 1. The van der Waals surface area contributed by atoms with E-state index in [0.717, 1.165) is 10.5 Å². The molecule has 3 rings (SSSR count). The molecule has 3 unspecified atom stereocenters. The summed E-state index contributed by atoms with van der Waals surface area (Å²) < 4.78 is 0. The minimum Gasteiger partial charge on any atom is -0.508 e. The van der Waals surface area contributed by atoms with Crippen LogP contribution in [0.15, 0.2) is 48.5 Å². The summed E-state index contributed by atoms with van der Waals surface area (Å²) in [6.07, 6.45) is 1.49. The van der Waals surface area contributed by atoms with E-state index >= 15 is 0 Å². The monoisotopic (exact) mass is 439 g/mol. The second kappa shape index (κ2) is 9.30. The fraction of sp³-hybridized carbons (Fsp3) is 0.440. The molecule has 0 spiro atoms. The summed E-state index contributed by atoms with van der Waals surface area (Å²) in [5.41, 5.74) is 5.28. The zero-order valence-electron chi connectivity index (χ0n) is 19.0. The molecule has 0 aliphatic carbocycles. The number of nitrogens with one attached hydrogen (secondary N) is 1. The third kappa shape index (κ3) is 4.10. The number of anilines is 1. The summed E-state index contributed by atoms with van der Waals surface area (Å²) in [5, 5.41) is 25.8. The van der Waals surface area contributed by atoms with Gasteiger partial charge in [-0.3, -0.25) is 4.79 Å². The number of rotatable bonds is 6. The molecule has 1 aliphatic rings. The first-order valence-electron chi connectivity index (χ1n) is 11.1. The normalized spacial score (nSPS) is 25.3. The average molecular weight is 440 g/mol. The number of aliphatic hydroxyl groups is 1. The molecule has 1 saturated heterocycles. The highest BCUT2D eigenvalue weighted by Gasteiger charge is 2.57. The van der Waals surface area contributed by atoms with Crippen LogP contribution in [0.1, 0.15) is 50.7 Å². The number of aromatic hydroxyl groups is 1. The van der Waals surface area contributed by atoms with Gasteiger partial charge in [-0.2, -0.15) is 0 Å². The summed E-state index contributed by atoms with van der Waals surface area (Å²) in [7, 11) is 0. The predicted molar refractivity (Wildman–Crippen MR) is 125 cm³/mol. The highest BCUT2D eigenvalue weighted by Crippen LogP contribution is 2.50. The van der Waals surface area contributed by atoms with Gasteiger partial charge in [0.2, 0.25) is 5.91 Å². The predicted octanol–water partition coefficient (Wildman–Crippen LogP) is 3.35. The third-order valence-corrected chi connectivity index (χ3v) is 6.85. The molecular formula is C25H33N3O4. The van der Waals surface area contributed by atoms with Crippen LogP contribution in [-0.2, 0) is 10.2 Å². The Morgan fingerprint density at radius 2 is 1.91 bits per heavy atom. The minimum atomic E-state index is -1.28. The van der Waals surface area contributed by atoms with Gasteiger partial charge in [0.25, 0.3) is 0 Å². The number of phenolic OH excluding ortho intramolecular Hbond substituents is 1. The number of carbonyl (C=O) groups excluding carboxylic acids is 2. The van der Waals surface area contributed by atoms with Gasteiger partial charge < -0.3 is 21.3 Å². The number of imide groups is 1. The molecule has 2 aromatic carbocycles. The number of aryl methyl sites for hydroxylation is 1. The van der Waals surface area contributed by atoms with Crippen LogP contribution < -0.4 is 16.0 Å². The molecule has 3 atom stereocenters. The number of hydrogen-bond donors (Lipinski definition) is 4. The molecule has 7 nitrogen and oxygen atoms in total. The molecule has 1 fully saturated rings. The molecule has 2 aromatic rings. The van der Waals surface area contributed by atoms with Crippen molar-refractivity contribution >= 4 is 17.6 Å². The molecule has 0 bridgehead atoms. The van der Waals surface area contributed by atoms with E-state index in [1.807, 2.05) is 20.8 Å². The summed E-state index contributed by atoms with van der Waals surface area (Å²) in [5.74, 6) is -0.424. The van der Waals surface area contributed by atoms with Crippen LogP contribution in [-0.4, -0.2) is 40.3 Å². The summed E-state index contributed by atoms with van der Waals surface area (Å²) in [6, 6.07) is 12.4. The van der Waals surface area contributed by atoms with E-state index in [4.69, 9.17) is 5.73 Å². The Balaban J connectivity index is 2.18. The van der Waals surface area contributed by atoms with Gasteiger partial charge >= 0.3 is 6.03 Å². The van der Waals surface area contributed by atoms with Crippen molar-refractivity contribution in [3.05, 3.63) is 59.7 Å². The smallest absolute Gasteiger partial charge is 0.326 e. The molecule has 0 aromatic heterocycles. The standard InChI is InChI=1S/C25H33N3O4/c1-4-12-25(32)18(3)27-14-13-24(25,21-15-20(29)11-10-17(21)2)16-22(30)28(23(26)31)19-8-6-5-7-9-19/h5-11,15,18,27,29,32H,4,12-14,16H2,1-3H3,(H2,26,31). The largest absolute Gasteiger partial charge is 0.508 e. The number of amides is 3. The first-order chi connectivity index (χ1) is 15.2. The van der Waals surface area contributed by atoms with Gasteiger partial charge in [-0.25, -0.2) is 9.69 Å². The van der Waals surface area contributed by atoms with Crippen molar-refractivity contribution in [2.45, 2.75) is 63.5 Å². The molecule has 1 heterocycles. The fourth-order valence-corrected chi connectivity index (χ4v) is 5.28. The number of para-hydroxylation sites is 1. The maximum Gasteiger partial charge on any atom is 0.326 e. The van der Waals surface area contributed by atoms with E-state index in [9.17, 15) is 19.8 Å². The van der Waals surface area contributed by atoms with Gasteiger partial charge in [-0.05, 0) is 68.6 Å². The number of piperidine rings is 1. The topological polar surface area (TPSA) is 116 Å². The van der Waals surface area contributed by atoms with Gasteiger partial charge in [0.15, 0.2) is 0 Å². The Labute approximate surface area is 189 Å². The molecule has 0 radical (unpaired) electrons. The highest BCUT2D eigenvalue weighted by atomic mass is 16.3. The van der Waals surface area contributed by atoms with Gasteiger partial charge in [-0.1, -0.05) is 37.6 Å². The Hall–Kier alpha value is -2.90. The van der Waals surface area contributed by atoms with Crippen LogP contribution in [0.2, 0.25) is 0 Å². The summed E-state index contributed by atoms with van der Waals surface area (Å²) in [6.45, 7) is 6.39. The molecule has 0 saturated carbocycles. The first kappa shape index (κ1) is 23.8. The maximum absolute atomic E-state index is 13.7. The number of carbonyl (C=O) groups is 2. The quantitative estimate of drug-likeness (QED) is 0.551. The van der Waals surface area contributed by atoms with Gasteiger partial charge in [0.1, 0.15) is 5.75 Å². The number of nitrogens with zero attached hydrogens (tertiary/aromatic N) is 1. The van der Waals surface area contributed by atoms with Crippen molar-refractivity contribution in [2.24, 2.45) is 5.73 Å². The molecule has 7 heteroatoms. The molecule has 32 heavy (non-hydrogen) atoms. The average Bonchev–Trinajstić information content (AvgIpc) is 2.74. The minimum absolute atomic E-state index is 0.0669. The van der Waals surface area contributed by atoms with Crippen molar-refractivity contribution < 1.29 is 19.8 Å². The Morgan fingerprint density at radius 3 is 2.53 bits per heavy atom. The summed E-state index contributed by atoms with van der Waals surface area (Å²) in [4.78, 5) is 26.9. The Kier molecular flexibility index (Phi) is 6.91. The molecule has 172 valence electrons. The lowest BCUT2D eigenvalue weighted by Crippen LogP contribution is -2.68. The molecule has 5 N–H and O–H groups in total. The number of urea groups is 1. The van der Waals surface area contributed by atoms with Gasteiger partial charge in [0.05, 0.1) is 11.3 Å². The lowest BCUT2D eigenvalue weighted by molar-refractivity contribution is -0.130. The van der Waals surface area contributed by atoms with Crippen LogP contribution in [0, 0.1) is 6.92 Å². The molecular weight excluding hydrogens is 406 g/mol. The second-order valence-electron chi connectivity index (χ2n) is 8.76. The number of nitrogens with two attached hydrogens (primary N) is 1. The Bertz CT molecular complexity index is 980. The van der Waals surface area contributed by atoms with Crippen LogP contribution in [0.5, 0.6) is 5.75 Å². The lowest BCUT2D eigenvalue weighted by atomic mass is 9.56. The van der Waals surface area contributed by atoms with Crippen molar-refractivity contribution in [2.75, 3.05) is 11.4 Å². The first-order valence-corrected chi connectivity index (χ1v) is 11.1. The van der Waals surface area contributed by atoms with E-state index in [-0.39, 0.29) is 18.2 Å². The van der Waals surface area contributed by atoms with Gasteiger partial charge in [0, 0.05) is 17.9 Å². The van der Waals surface area contributed by atoms with E-state index in [1.165, 1.54) is 0 Å². The number of primary amides is 1.